The molecule has 146 valence electrons. The number of nitrogens with zero attached hydrogens (tertiary/aromatic N) is 2. The molecule has 2 aliphatic heterocycles. The second-order valence-corrected chi connectivity index (χ2v) is 7.57. The Morgan fingerprint density at radius 2 is 1.89 bits per heavy atom. The Labute approximate surface area is 160 Å². The molecular weight excluding hydrogens is 375 g/mol. The minimum atomic E-state index is -1.09. The van der Waals surface area contributed by atoms with Crippen LogP contribution in [-0.2, 0) is 24.1 Å². The first-order chi connectivity index (χ1) is 13.0. The molecule has 0 amide bonds. The highest BCUT2D eigenvalue weighted by atomic mass is 32.1. The number of aryl methyl sites for hydroxylation is 1. The average molecular weight is 397 g/mol. The lowest BCUT2D eigenvalue weighted by atomic mass is 9.95. The molecule has 4 nitrogen and oxygen atoms in total. The third kappa shape index (κ3) is 3.70. The SMILES string of the molecule is Fc1ccc(F)c(C2Cc3c(CCCN4CCOCC4)[nH]c(=S)n3C2)c1F. The highest BCUT2D eigenvalue weighted by Crippen LogP contribution is 2.35. The lowest BCUT2D eigenvalue weighted by Crippen LogP contribution is -2.37. The number of H-pyrrole nitrogens is 1. The fourth-order valence-corrected chi connectivity index (χ4v) is 4.43. The number of aromatic nitrogens is 2. The van der Waals surface area contributed by atoms with Gasteiger partial charge >= 0.3 is 0 Å². The van der Waals surface area contributed by atoms with E-state index < -0.39 is 23.4 Å². The standard InChI is InChI=1S/C19H22F3N3OS/c20-13-3-4-14(21)18(22)17(13)12-10-16-15(23-19(27)25(16)11-12)2-1-5-24-6-8-26-9-7-24/h3-4,12H,1-2,5-11H2,(H,23,27). The molecule has 3 heterocycles. The normalized spacial score (nSPS) is 20.2. The van der Waals surface area contributed by atoms with Gasteiger partial charge in [0.1, 0.15) is 5.82 Å². The van der Waals surface area contributed by atoms with Crippen LogP contribution < -0.4 is 0 Å². The fourth-order valence-electron chi connectivity index (χ4n) is 4.12. The predicted octanol–water partition coefficient (Wildman–Crippen LogP) is 3.57. The predicted molar refractivity (Wildman–Crippen MR) is 98.0 cm³/mol. The molecule has 0 spiro atoms. The van der Waals surface area contributed by atoms with Crippen LogP contribution in [0.25, 0.3) is 0 Å². The molecule has 1 fully saturated rings. The van der Waals surface area contributed by atoms with Gasteiger partial charge < -0.3 is 14.3 Å². The van der Waals surface area contributed by atoms with Gasteiger partial charge in [0, 0.05) is 42.5 Å². The maximum absolute atomic E-state index is 14.2. The van der Waals surface area contributed by atoms with Crippen molar-refractivity contribution in [2.24, 2.45) is 0 Å². The smallest absolute Gasteiger partial charge is 0.177 e. The van der Waals surface area contributed by atoms with Crippen LogP contribution in [0.5, 0.6) is 0 Å². The van der Waals surface area contributed by atoms with Gasteiger partial charge in [-0.2, -0.15) is 0 Å². The largest absolute Gasteiger partial charge is 0.379 e. The molecule has 8 heteroatoms. The molecule has 0 aliphatic carbocycles. The molecule has 0 radical (unpaired) electrons. The van der Waals surface area contributed by atoms with Gasteiger partial charge in [0.2, 0.25) is 0 Å². The molecule has 27 heavy (non-hydrogen) atoms. The van der Waals surface area contributed by atoms with E-state index in [1.807, 2.05) is 4.57 Å². The summed E-state index contributed by atoms with van der Waals surface area (Å²) in [5, 5.41) is 0. The van der Waals surface area contributed by atoms with Crippen molar-refractivity contribution < 1.29 is 17.9 Å². The van der Waals surface area contributed by atoms with Crippen molar-refractivity contribution in [2.75, 3.05) is 32.8 Å². The van der Waals surface area contributed by atoms with Crippen LogP contribution in [0.15, 0.2) is 12.1 Å². The van der Waals surface area contributed by atoms with Gasteiger partial charge in [0.05, 0.1) is 13.2 Å². The van der Waals surface area contributed by atoms with E-state index >= 15 is 0 Å². The first kappa shape index (κ1) is 18.7. The number of fused-ring (bicyclic) bond motifs is 1. The number of morpholine rings is 1. The molecule has 1 N–H and O–H groups in total. The van der Waals surface area contributed by atoms with Crippen LogP contribution in [0.4, 0.5) is 13.2 Å². The highest BCUT2D eigenvalue weighted by Gasteiger charge is 2.31. The molecule has 1 unspecified atom stereocenters. The van der Waals surface area contributed by atoms with E-state index in [9.17, 15) is 13.2 Å². The van der Waals surface area contributed by atoms with Crippen molar-refractivity contribution >= 4 is 12.2 Å². The van der Waals surface area contributed by atoms with E-state index in [1.165, 1.54) is 0 Å². The topological polar surface area (TPSA) is 33.2 Å². The van der Waals surface area contributed by atoms with Crippen LogP contribution >= 0.6 is 12.2 Å². The van der Waals surface area contributed by atoms with Gasteiger partial charge in [0.15, 0.2) is 16.4 Å². The summed E-state index contributed by atoms with van der Waals surface area (Å²) in [6.07, 6.45) is 2.25. The van der Waals surface area contributed by atoms with Crippen molar-refractivity contribution in [1.82, 2.24) is 14.5 Å². The van der Waals surface area contributed by atoms with Crippen LogP contribution in [0.2, 0.25) is 0 Å². The van der Waals surface area contributed by atoms with E-state index in [1.54, 1.807) is 0 Å². The Bertz CT molecular complexity index is 889. The third-order valence-corrected chi connectivity index (χ3v) is 5.83. The molecule has 1 aromatic carbocycles. The molecule has 1 aromatic heterocycles. The number of hydrogen-bond acceptors (Lipinski definition) is 3. The highest BCUT2D eigenvalue weighted by molar-refractivity contribution is 7.71. The monoisotopic (exact) mass is 397 g/mol. The molecule has 1 atom stereocenters. The van der Waals surface area contributed by atoms with Gasteiger partial charge in [-0.25, -0.2) is 13.2 Å². The maximum atomic E-state index is 14.2. The van der Waals surface area contributed by atoms with Gasteiger partial charge in [0.25, 0.3) is 0 Å². The summed E-state index contributed by atoms with van der Waals surface area (Å²) in [5.41, 5.74) is 1.83. The Morgan fingerprint density at radius 3 is 2.67 bits per heavy atom. The van der Waals surface area contributed by atoms with Crippen molar-refractivity contribution in [2.45, 2.75) is 31.7 Å². The number of hydrogen-bond donors (Lipinski definition) is 1. The van der Waals surface area contributed by atoms with Crippen molar-refractivity contribution in [1.29, 1.82) is 0 Å². The Balaban J connectivity index is 1.47. The number of aromatic amines is 1. The van der Waals surface area contributed by atoms with Crippen LogP contribution in [0, 0.1) is 22.2 Å². The second-order valence-electron chi connectivity index (χ2n) is 7.18. The number of rotatable bonds is 5. The third-order valence-electron chi connectivity index (χ3n) is 5.51. The van der Waals surface area contributed by atoms with Gasteiger partial charge in [-0.05, 0) is 50.2 Å². The summed E-state index contributed by atoms with van der Waals surface area (Å²) in [4.78, 5) is 5.61. The number of imidazole rings is 1. The first-order valence-electron chi connectivity index (χ1n) is 9.28. The summed E-state index contributed by atoms with van der Waals surface area (Å²) in [6.45, 7) is 4.79. The molecule has 0 bridgehead atoms. The summed E-state index contributed by atoms with van der Waals surface area (Å²) in [5.74, 6) is -3.24. The van der Waals surface area contributed by atoms with E-state index in [0.717, 1.165) is 69.2 Å². The van der Waals surface area contributed by atoms with E-state index in [0.29, 0.717) is 17.7 Å². The molecule has 2 aromatic rings. The molecule has 0 saturated carbocycles. The number of benzene rings is 1. The van der Waals surface area contributed by atoms with Crippen molar-refractivity contribution in [3.63, 3.8) is 0 Å². The van der Waals surface area contributed by atoms with E-state index in [2.05, 4.69) is 9.88 Å². The van der Waals surface area contributed by atoms with Crippen LogP contribution in [0.1, 0.15) is 29.3 Å². The van der Waals surface area contributed by atoms with Gasteiger partial charge in [-0.1, -0.05) is 0 Å². The molecule has 4 rings (SSSR count). The Morgan fingerprint density at radius 1 is 1.15 bits per heavy atom. The zero-order valence-electron chi connectivity index (χ0n) is 14.9. The van der Waals surface area contributed by atoms with Crippen molar-refractivity contribution in [3.8, 4) is 0 Å². The number of ether oxygens (including phenoxy) is 1. The number of halogens is 3. The fraction of sp³-hybridized carbons (Fsp3) is 0.526. The first-order valence-corrected chi connectivity index (χ1v) is 9.69. The molecule has 1 saturated heterocycles. The molecule has 2 aliphatic rings. The zero-order valence-corrected chi connectivity index (χ0v) is 15.8. The summed E-state index contributed by atoms with van der Waals surface area (Å²) in [7, 11) is 0. The lowest BCUT2D eigenvalue weighted by molar-refractivity contribution is 0.0374. The summed E-state index contributed by atoms with van der Waals surface area (Å²) < 4.78 is 49.7. The number of nitrogens with one attached hydrogen (secondary N) is 1. The van der Waals surface area contributed by atoms with Gasteiger partial charge in [-0.3, -0.25) is 4.90 Å². The average Bonchev–Trinajstić information content (AvgIpc) is 3.21. The second kappa shape index (κ2) is 7.77. The van der Waals surface area contributed by atoms with Crippen LogP contribution in [-0.4, -0.2) is 47.3 Å². The Kier molecular flexibility index (Phi) is 5.39. The minimum Gasteiger partial charge on any atom is -0.379 e. The molecular formula is C19H22F3N3OS. The Hall–Kier alpha value is -1.64. The van der Waals surface area contributed by atoms with Crippen LogP contribution in [0.3, 0.4) is 0 Å². The van der Waals surface area contributed by atoms with E-state index in [4.69, 9.17) is 17.0 Å². The summed E-state index contributed by atoms with van der Waals surface area (Å²) >= 11 is 5.39. The van der Waals surface area contributed by atoms with Gasteiger partial charge in [-0.15, -0.1) is 0 Å². The van der Waals surface area contributed by atoms with E-state index in [-0.39, 0.29) is 5.56 Å². The maximum Gasteiger partial charge on any atom is 0.177 e. The van der Waals surface area contributed by atoms with Crippen molar-refractivity contribution in [3.05, 3.63) is 51.3 Å². The lowest BCUT2D eigenvalue weighted by Gasteiger charge is -2.26. The minimum absolute atomic E-state index is 0.174. The zero-order chi connectivity index (χ0) is 19.0. The summed E-state index contributed by atoms with van der Waals surface area (Å²) in [6, 6.07) is 1.82. The quantitative estimate of drug-likeness (QED) is 0.619.